The number of hydrogen-bond donors (Lipinski definition) is 0. The molecule has 0 radical (unpaired) electrons. The number of esters is 3. The van der Waals surface area contributed by atoms with Crippen molar-refractivity contribution in [3.05, 3.63) is 85.1 Å². The molecule has 0 rings (SSSR count). The van der Waals surface area contributed by atoms with Gasteiger partial charge in [0, 0.05) is 19.3 Å². The summed E-state index contributed by atoms with van der Waals surface area (Å²) in [5, 5.41) is 0. The summed E-state index contributed by atoms with van der Waals surface area (Å²) in [5.41, 5.74) is 0. The molecule has 0 bridgehead atoms. The maximum atomic E-state index is 13.0. The van der Waals surface area contributed by atoms with Gasteiger partial charge < -0.3 is 14.2 Å². The average Bonchev–Trinajstić information content (AvgIpc) is 3.47. The van der Waals surface area contributed by atoms with Gasteiger partial charge in [0.1, 0.15) is 13.2 Å². The molecular weight excluding hydrogens is 1010 g/mol. The standard InChI is InChI=1S/C76H134O6/c1-4-7-10-13-16-19-22-25-28-30-32-34-36-38-40-41-43-45-48-51-54-57-60-63-66-69-75(78)81-72-73(71-80-74(77)68-65-62-59-56-53-50-47-27-24-21-18-15-12-9-6-3)82-76(79)70-67-64-61-58-55-52-49-46-44-42-39-37-35-33-31-29-26-23-20-17-14-11-8-5-2/h7,9-10,12,16,18-19,21,25,27-28,32,34,47,73H,4-6,8,11,13-15,17,20,22-24,26,29-31,33,35-46,48-72H2,1-3H3/b10-7-,12-9-,19-16-,21-18-,28-25-,34-32-,47-27-. The van der Waals surface area contributed by atoms with Crippen LogP contribution in [0.25, 0.3) is 0 Å². The van der Waals surface area contributed by atoms with Crippen molar-refractivity contribution in [2.45, 2.75) is 367 Å². The lowest BCUT2D eigenvalue weighted by Gasteiger charge is -2.18. The first-order valence-electron chi connectivity index (χ1n) is 35.6. The summed E-state index contributed by atoms with van der Waals surface area (Å²) in [5.74, 6) is -0.878. The second kappa shape index (κ2) is 70.1. The van der Waals surface area contributed by atoms with Crippen LogP contribution in [0.2, 0.25) is 0 Å². The minimum absolute atomic E-state index is 0.0797. The molecule has 0 heterocycles. The van der Waals surface area contributed by atoms with E-state index in [-0.39, 0.29) is 31.1 Å². The zero-order valence-corrected chi connectivity index (χ0v) is 54.5. The van der Waals surface area contributed by atoms with Crippen LogP contribution in [0.3, 0.4) is 0 Å². The van der Waals surface area contributed by atoms with Crippen LogP contribution in [0, 0.1) is 0 Å². The fourth-order valence-electron chi connectivity index (χ4n) is 10.4. The third-order valence-corrected chi connectivity index (χ3v) is 15.6. The molecule has 0 amide bonds. The molecule has 1 atom stereocenters. The fourth-order valence-corrected chi connectivity index (χ4v) is 10.4. The monoisotopic (exact) mass is 1140 g/mol. The van der Waals surface area contributed by atoms with E-state index in [9.17, 15) is 14.4 Å². The predicted molar refractivity (Wildman–Crippen MR) is 358 cm³/mol. The number of unbranched alkanes of at least 4 members (excludes halogenated alkanes) is 40. The number of carbonyl (C=O) groups is 3. The Labute approximate surface area is 509 Å². The molecule has 0 aliphatic heterocycles. The van der Waals surface area contributed by atoms with Gasteiger partial charge >= 0.3 is 17.9 Å². The SMILES string of the molecule is CC/C=C\C/C=C\C/C=C\C/C=C\CCCCCCCCCCCCCCC(=O)OCC(COC(=O)CCCCCCC/C=C\C/C=C\C/C=C\CC)OC(=O)CCCCCCCCCCCCCCCCCCCCCCCCCC. The molecular formula is C76H134O6. The van der Waals surface area contributed by atoms with Crippen LogP contribution in [0.1, 0.15) is 361 Å². The summed E-state index contributed by atoms with van der Waals surface area (Å²) in [6.07, 6.45) is 93.3. The molecule has 0 aliphatic rings. The van der Waals surface area contributed by atoms with Gasteiger partial charge in [-0.2, -0.15) is 0 Å². The number of carbonyl (C=O) groups excluding carboxylic acids is 3. The van der Waals surface area contributed by atoms with E-state index in [1.54, 1.807) is 0 Å². The molecule has 0 aromatic carbocycles. The highest BCUT2D eigenvalue weighted by Gasteiger charge is 2.19. The first kappa shape index (κ1) is 78.6. The van der Waals surface area contributed by atoms with Crippen molar-refractivity contribution in [2.75, 3.05) is 13.2 Å². The molecule has 0 aromatic heterocycles. The van der Waals surface area contributed by atoms with Crippen LogP contribution in [-0.4, -0.2) is 37.2 Å². The van der Waals surface area contributed by atoms with Crippen molar-refractivity contribution in [3.8, 4) is 0 Å². The Morgan fingerprint density at radius 1 is 0.256 bits per heavy atom. The molecule has 6 heteroatoms. The van der Waals surface area contributed by atoms with Crippen molar-refractivity contribution in [2.24, 2.45) is 0 Å². The summed E-state index contributed by atoms with van der Waals surface area (Å²) in [4.78, 5) is 38.5. The molecule has 0 aliphatic carbocycles. The maximum Gasteiger partial charge on any atom is 0.306 e. The van der Waals surface area contributed by atoms with Crippen LogP contribution in [0.5, 0.6) is 0 Å². The van der Waals surface area contributed by atoms with Gasteiger partial charge in [-0.25, -0.2) is 0 Å². The number of ether oxygens (including phenoxy) is 3. The molecule has 474 valence electrons. The van der Waals surface area contributed by atoms with Gasteiger partial charge in [0.25, 0.3) is 0 Å². The molecule has 0 spiro atoms. The lowest BCUT2D eigenvalue weighted by Crippen LogP contribution is -2.30. The smallest absolute Gasteiger partial charge is 0.306 e. The highest BCUT2D eigenvalue weighted by Crippen LogP contribution is 2.18. The highest BCUT2D eigenvalue weighted by atomic mass is 16.6. The van der Waals surface area contributed by atoms with Crippen molar-refractivity contribution in [3.63, 3.8) is 0 Å². The Bertz CT molecular complexity index is 1550. The van der Waals surface area contributed by atoms with Gasteiger partial charge in [0.2, 0.25) is 0 Å². The van der Waals surface area contributed by atoms with Gasteiger partial charge in [-0.3, -0.25) is 14.4 Å². The second-order valence-corrected chi connectivity index (χ2v) is 23.7. The van der Waals surface area contributed by atoms with Crippen molar-refractivity contribution in [1.82, 2.24) is 0 Å². The van der Waals surface area contributed by atoms with Crippen molar-refractivity contribution in [1.29, 1.82) is 0 Å². The molecule has 0 aromatic rings. The Balaban J connectivity index is 4.30. The van der Waals surface area contributed by atoms with Gasteiger partial charge in [0.05, 0.1) is 0 Å². The zero-order valence-electron chi connectivity index (χ0n) is 54.5. The van der Waals surface area contributed by atoms with Gasteiger partial charge in [-0.05, 0) is 89.9 Å². The van der Waals surface area contributed by atoms with Crippen LogP contribution in [0.15, 0.2) is 85.1 Å². The summed E-state index contributed by atoms with van der Waals surface area (Å²) >= 11 is 0. The Morgan fingerprint density at radius 3 is 0.744 bits per heavy atom. The molecule has 0 fully saturated rings. The quantitative estimate of drug-likeness (QED) is 0.0261. The molecule has 0 saturated heterocycles. The third kappa shape index (κ3) is 67.4. The minimum atomic E-state index is -0.785. The third-order valence-electron chi connectivity index (χ3n) is 15.6. The number of allylic oxidation sites excluding steroid dienone is 14. The average molecular weight is 1140 g/mol. The Hall–Kier alpha value is -3.41. The predicted octanol–water partition coefficient (Wildman–Crippen LogP) is 24.6. The van der Waals surface area contributed by atoms with E-state index in [0.717, 1.165) is 122 Å². The van der Waals surface area contributed by atoms with Crippen molar-refractivity contribution >= 4 is 17.9 Å². The molecule has 0 saturated carbocycles. The van der Waals surface area contributed by atoms with Gasteiger partial charge in [-0.1, -0.05) is 337 Å². The maximum absolute atomic E-state index is 13.0. The van der Waals surface area contributed by atoms with Crippen LogP contribution in [-0.2, 0) is 28.6 Å². The zero-order chi connectivity index (χ0) is 59.2. The lowest BCUT2D eigenvalue weighted by molar-refractivity contribution is -0.167. The summed E-state index contributed by atoms with van der Waals surface area (Å²) < 4.78 is 17.0. The second-order valence-electron chi connectivity index (χ2n) is 23.7. The van der Waals surface area contributed by atoms with Crippen LogP contribution in [0.4, 0.5) is 0 Å². The number of hydrogen-bond acceptors (Lipinski definition) is 6. The van der Waals surface area contributed by atoms with E-state index in [2.05, 4.69) is 106 Å². The van der Waals surface area contributed by atoms with Gasteiger partial charge in [0.15, 0.2) is 6.10 Å². The minimum Gasteiger partial charge on any atom is -0.462 e. The molecule has 6 nitrogen and oxygen atoms in total. The van der Waals surface area contributed by atoms with Gasteiger partial charge in [-0.15, -0.1) is 0 Å². The summed E-state index contributed by atoms with van der Waals surface area (Å²) in [7, 11) is 0. The molecule has 0 N–H and O–H groups in total. The Kier molecular flexibility index (Phi) is 67.2. The molecule has 1 unspecified atom stereocenters. The first-order valence-corrected chi connectivity index (χ1v) is 35.6. The van der Waals surface area contributed by atoms with E-state index in [1.165, 1.54) is 199 Å². The Morgan fingerprint density at radius 2 is 0.476 bits per heavy atom. The molecule has 82 heavy (non-hydrogen) atoms. The van der Waals surface area contributed by atoms with E-state index < -0.39 is 6.10 Å². The summed E-state index contributed by atoms with van der Waals surface area (Å²) in [6, 6.07) is 0. The fraction of sp³-hybridized carbons (Fsp3) is 0.776. The van der Waals surface area contributed by atoms with Crippen molar-refractivity contribution < 1.29 is 28.6 Å². The van der Waals surface area contributed by atoms with Crippen LogP contribution < -0.4 is 0 Å². The van der Waals surface area contributed by atoms with Crippen LogP contribution >= 0.6 is 0 Å². The normalized spacial score (nSPS) is 12.6. The van der Waals surface area contributed by atoms with E-state index >= 15 is 0 Å². The van der Waals surface area contributed by atoms with E-state index in [1.807, 2.05) is 0 Å². The number of rotatable bonds is 65. The highest BCUT2D eigenvalue weighted by molar-refractivity contribution is 5.71. The summed E-state index contributed by atoms with van der Waals surface area (Å²) in [6.45, 7) is 6.46. The largest absolute Gasteiger partial charge is 0.462 e. The van der Waals surface area contributed by atoms with E-state index in [0.29, 0.717) is 19.3 Å². The topological polar surface area (TPSA) is 78.9 Å². The van der Waals surface area contributed by atoms with E-state index in [4.69, 9.17) is 14.2 Å². The lowest BCUT2D eigenvalue weighted by atomic mass is 10.0. The first-order chi connectivity index (χ1) is 40.5.